The van der Waals surface area contributed by atoms with Gasteiger partial charge in [0.25, 0.3) is 5.56 Å². The van der Waals surface area contributed by atoms with Crippen LogP contribution in [-0.2, 0) is 7.05 Å². The molecule has 11 heavy (non-hydrogen) atoms. The number of nitrogens with one attached hydrogen (secondary N) is 1. The molecule has 0 aliphatic heterocycles. The van der Waals surface area contributed by atoms with Gasteiger partial charge in [-0.05, 0) is 6.07 Å². The third-order valence-electron chi connectivity index (χ3n) is 1.73. The summed E-state index contributed by atoms with van der Waals surface area (Å²) in [5, 5.41) is 6.60. The smallest absolute Gasteiger partial charge is 0.250 e. The maximum Gasteiger partial charge on any atom is 0.250 e. The van der Waals surface area contributed by atoms with E-state index >= 15 is 0 Å². The summed E-state index contributed by atoms with van der Waals surface area (Å²) in [5.41, 5.74) is 1.70. The van der Waals surface area contributed by atoms with Crippen LogP contribution in [0.4, 0.5) is 0 Å². The van der Waals surface area contributed by atoms with Crippen molar-refractivity contribution in [2.75, 3.05) is 0 Å². The second-order valence-corrected chi connectivity index (χ2v) is 2.40. The third kappa shape index (κ3) is 0.756. The van der Waals surface area contributed by atoms with Crippen LogP contribution >= 0.6 is 0 Å². The molecular weight excluding hydrogens is 142 g/mol. The van der Waals surface area contributed by atoms with Crippen molar-refractivity contribution in [1.29, 1.82) is 0 Å². The van der Waals surface area contributed by atoms with Gasteiger partial charge in [-0.3, -0.25) is 9.89 Å². The molecule has 0 saturated heterocycles. The first kappa shape index (κ1) is 6.15. The van der Waals surface area contributed by atoms with Crippen molar-refractivity contribution in [1.82, 2.24) is 14.8 Å². The van der Waals surface area contributed by atoms with Crippen LogP contribution in [0.25, 0.3) is 11.0 Å². The van der Waals surface area contributed by atoms with Gasteiger partial charge < -0.3 is 4.57 Å². The predicted molar refractivity (Wildman–Crippen MR) is 41.3 cm³/mol. The van der Waals surface area contributed by atoms with E-state index in [-0.39, 0.29) is 5.56 Å². The molecular formula is C7H7N3O. The number of hydrogen-bond acceptors (Lipinski definition) is 2. The SMILES string of the molecule is Cn1c(=O)ccc2[nH]ncc21. The van der Waals surface area contributed by atoms with Crippen LogP contribution in [0.1, 0.15) is 0 Å². The Balaban J connectivity index is 3.04. The maximum absolute atomic E-state index is 11.1. The quantitative estimate of drug-likeness (QED) is 0.584. The molecule has 0 fully saturated rings. The highest BCUT2D eigenvalue weighted by Gasteiger charge is 1.98. The molecule has 2 aromatic heterocycles. The fraction of sp³-hybridized carbons (Fsp3) is 0.143. The minimum Gasteiger partial charge on any atom is -0.309 e. The lowest BCUT2D eigenvalue weighted by molar-refractivity contribution is 0.907. The molecule has 0 radical (unpaired) electrons. The summed E-state index contributed by atoms with van der Waals surface area (Å²) in [6, 6.07) is 3.24. The second-order valence-electron chi connectivity index (χ2n) is 2.40. The van der Waals surface area contributed by atoms with Crippen LogP contribution in [0, 0.1) is 0 Å². The molecule has 2 heterocycles. The number of aromatic nitrogens is 3. The Labute approximate surface area is 62.5 Å². The van der Waals surface area contributed by atoms with Crippen molar-refractivity contribution in [2.45, 2.75) is 0 Å². The van der Waals surface area contributed by atoms with Gasteiger partial charge in [0, 0.05) is 13.1 Å². The summed E-state index contributed by atoms with van der Waals surface area (Å²) >= 11 is 0. The van der Waals surface area contributed by atoms with Crippen molar-refractivity contribution in [3.05, 3.63) is 28.7 Å². The molecule has 4 nitrogen and oxygen atoms in total. The molecule has 0 aliphatic carbocycles. The van der Waals surface area contributed by atoms with Gasteiger partial charge in [-0.25, -0.2) is 0 Å². The topological polar surface area (TPSA) is 50.7 Å². The average Bonchev–Trinajstić information content (AvgIpc) is 2.45. The molecule has 4 heteroatoms. The van der Waals surface area contributed by atoms with E-state index in [0.29, 0.717) is 0 Å². The number of H-pyrrole nitrogens is 1. The van der Waals surface area contributed by atoms with Gasteiger partial charge in [0.1, 0.15) is 0 Å². The van der Waals surface area contributed by atoms with Crippen LogP contribution in [0.3, 0.4) is 0 Å². The van der Waals surface area contributed by atoms with Crippen LogP contribution in [0.5, 0.6) is 0 Å². The van der Waals surface area contributed by atoms with Crippen molar-refractivity contribution in [3.8, 4) is 0 Å². The number of pyridine rings is 1. The number of rotatable bonds is 0. The van der Waals surface area contributed by atoms with E-state index in [0.717, 1.165) is 11.0 Å². The Morgan fingerprint density at radius 3 is 3.18 bits per heavy atom. The number of aryl methyl sites for hydroxylation is 1. The van der Waals surface area contributed by atoms with E-state index in [1.54, 1.807) is 23.9 Å². The van der Waals surface area contributed by atoms with Crippen LogP contribution < -0.4 is 5.56 Å². The minimum atomic E-state index is -0.0149. The normalized spacial score (nSPS) is 10.6. The van der Waals surface area contributed by atoms with E-state index in [4.69, 9.17) is 0 Å². The molecule has 0 unspecified atom stereocenters. The van der Waals surface area contributed by atoms with Gasteiger partial charge in [-0.15, -0.1) is 0 Å². The Bertz CT molecular complexity index is 440. The first-order valence-corrected chi connectivity index (χ1v) is 3.28. The van der Waals surface area contributed by atoms with Crippen molar-refractivity contribution in [3.63, 3.8) is 0 Å². The first-order valence-electron chi connectivity index (χ1n) is 3.28. The molecule has 0 aliphatic rings. The Morgan fingerprint density at radius 2 is 2.36 bits per heavy atom. The zero-order valence-electron chi connectivity index (χ0n) is 6.03. The highest BCUT2D eigenvalue weighted by molar-refractivity contribution is 5.73. The lowest BCUT2D eigenvalue weighted by Crippen LogP contribution is -2.14. The summed E-state index contributed by atoms with van der Waals surface area (Å²) in [7, 11) is 1.72. The average molecular weight is 149 g/mol. The molecule has 0 bridgehead atoms. The van der Waals surface area contributed by atoms with E-state index in [1.165, 1.54) is 6.07 Å². The summed E-state index contributed by atoms with van der Waals surface area (Å²) in [6.45, 7) is 0. The lowest BCUT2D eigenvalue weighted by Gasteiger charge is -1.95. The van der Waals surface area contributed by atoms with Gasteiger partial charge in [0.15, 0.2) is 0 Å². The van der Waals surface area contributed by atoms with Crippen molar-refractivity contribution >= 4 is 11.0 Å². The van der Waals surface area contributed by atoms with Crippen molar-refractivity contribution in [2.24, 2.45) is 7.05 Å². The van der Waals surface area contributed by atoms with E-state index in [1.807, 2.05) is 0 Å². The second kappa shape index (κ2) is 1.95. The van der Waals surface area contributed by atoms with E-state index in [2.05, 4.69) is 10.2 Å². The summed E-state index contributed by atoms with van der Waals surface area (Å²) in [6.07, 6.45) is 1.64. The van der Waals surface area contributed by atoms with Crippen LogP contribution in [0.2, 0.25) is 0 Å². The minimum absolute atomic E-state index is 0.0149. The highest BCUT2D eigenvalue weighted by Crippen LogP contribution is 2.04. The lowest BCUT2D eigenvalue weighted by atomic mass is 10.4. The Morgan fingerprint density at radius 1 is 1.55 bits per heavy atom. The van der Waals surface area contributed by atoms with Gasteiger partial charge >= 0.3 is 0 Å². The fourth-order valence-electron chi connectivity index (χ4n) is 1.06. The largest absolute Gasteiger partial charge is 0.309 e. The van der Waals surface area contributed by atoms with Crippen LogP contribution in [0.15, 0.2) is 23.1 Å². The van der Waals surface area contributed by atoms with Gasteiger partial charge in [-0.2, -0.15) is 5.10 Å². The van der Waals surface area contributed by atoms with Crippen molar-refractivity contribution < 1.29 is 0 Å². The Kier molecular flexibility index (Phi) is 1.09. The fourth-order valence-corrected chi connectivity index (χ4v) is 1.06. The maximum atomic E-state index is 11.1. The van der Waals surface area contributed by atoms with E-state index in [9.17, 15) is 4.79 Å². The predicted octanol–water partition coefficient (Wildman–Crippen LogP) is 0.262. The number of fused-ring (bicyclic) bond motifs is 1. The zero-order chi connectivity index (χ0) is 7.84. The van der Waals surface area contributed by atoms with Gasteiger partial charge in [-0.1, -0.05) is 0 Å². The van der Waals surface area contributed by atoms with Crippen LogP contribution in [-0.4, -0.2) is 14.8 Å². The standard InChI is InChI=1S/C7H7N3O/c1-10-6-4-8-9-5(6)2-3-7(10)11/h2-4H,1H3,(H,8,9). The molecule has 2 rings (SSSR count). The van der Waals surface area contributed by atoms with Gasteiger partial charge in [0.05, 0.1) is 17.2 Å². The highest BCUT2D eigenvalue weighted by atomic mass is 16.1. The zero-order valence-corrected chi connectivity index (χ0v) is 6.03. The van der Waals surface area contributed by atoms with E-state index < -0.39 is 0 Å². The molecule has 1 N–H and O–H groups in total. The summed E-state index contributed by atoms with van der Waals surface area (Å²) in [4.78, 5) is 11.1. The molecule has 0 saturated carbocycles. The molecule has 56 valence electrons. The molecule has 0 spiro atoms. The number of hydrogen-bond donors (Lipinski definition) is 1. The molecule has 0 amide bonds. The summed E-state index contributed by atoms with van der Waals surface area (Å²) < 4.78 is 1.55. The monoisotopic (exact) mass is 149 g/mol. The third-order valence-corrected chi connectivity index (χ3v) is 1.73. The number of nitrogens with zero attached hydrogens (tertiary/aromatic N) is 2. The summed E-state index contributed by atoms with van der Waals surface area (Å²) in [5.74, 6) is 0. The molecule has 0 aromatic carbocycles. The molecule has 2 aromatic rings. The Hall–Kier alpha value is -1.58. The molecule has 0 atom stereocenters. The first-order chi connectivity index (χ1) is 5.29. The number of aromatic amines is 1. The van der Waals surface area contributed by atoms with Gasteiger partial charge in [0.2, 0.25) is 0 Å².